The first kappa shape index (κ1) is 37.9. The fourth-order valence-corrected chi connectivity index (χ4v) is 5.33. The van der Waals surface area contributed by atoms with Gasteiger partial charge >= 0.3 is 23.9 Å². The third kappa shape index (κ3) is 15.4. The summed E-state index contributed by atoms with van der Waals surface area (Å²) in [6.07, 6.45) is 6.49. The van der Waals surface area contributed by atoms with Gasteiger partial charge in [0, 0.05) is 0 Å². The van der Waals surface area contributed by atoms with Gasteiger partial charge in [0.2, 0.25) is 0 Å². The van der Waals surface area contributed by atoms with E-state index in [2.05, 4.69) is 55.4 Å². The Balaban J connectivity index is 3.13. The van der Waals surface area contributed by atoms with Crippen molar-refractivity contribution >= 4 is 23.9 Å². The van der Waals surface area contributed by atoms with Crippen LogP contribution in [0.5, 0.6) is 0 Å². The van der Waals surface area contributed by atoms with Gasteiger partial charge in [0.15, 0.2) is 0 Å². The topological polar surface area (TPSA) is 105 Å². The minimum Gasteiger partial charge on any atom is -0.465 e. The van der Waals surface area contributed by atoms with E-state index in [-0.39, 0.29) is 39.3 Å². The van der Waals surface area contributed by atoms with E-state index in [1.807, 2.05) is 0 Å². The average molecular weight is 597 g/mol. The Labute approximate surface area is 255 Å². The molecule has 0 saturated heterocycles. The van der Waals surface area contributed by atoms with Crippen molar-refractivity contribution in [1.29, 1.82) is 0 Å². The molecule has 1 fully saturated rings. The largest absolute Gasteiger partial charge is 0.465 e. The summed E-state index contributed by atoms with van der Waals surface area (Å²) in [4.78, 5) is 53.3. The Morgan fingerprint density at radius 1 is 0.429 bits per heavy atom. The predicted octanol–water partition coefficient (Wildman–Crippen LogP) is 7.16. The summed E-state index contributed by atoms with van der Waals surface area (Å²) >= 11 is 0. The van der Waals surface area contributed by atoms with Gasteiger partial charge in [0.1, 0.15) is 0 Å². The van der Waals surface area contributed by atoms with Crippen LogP contribution in [0.3, 0.4) is 0 Å². The second kappa shape index (κ2) is 20.7. The first-order chi connectivity index (χ1) is 19.8. The van der Waals surface area contributed by atoms with Gasteiger partial charge in [-0.25, -0.2) is 0 Å². The van der Waals surface area contributed by atoms with Gasteiger partial charge in [-0.15, -0.1) is 0 Å². The standard InChI is InChI=1S/C34H60O8/c1-23(2)13-9-17-39-31(35)27-21-29(33(37)41-19-11-15-25(5)6)30(34(38)42-20-12-16-26(7)8)22-28(27)32(36)40-18-10-14-24(3)4/h23-30H,9-22H2,1-8H3. The van der Waals surface area contributed by atoms with Gasteiger partial charge in [-0.3, -0.25) is 19.2 Å². The lowest BCUT2D eigenvalue weighted by atomic mass is 9.68. The third-order valence-corrected chi connectivity index (χ3v) is 7.88. The molecule has 0 aliphatic heterocycles. The first-order valence-corrected chi connectivity index (χ1v) is 16.5. The summed E-state index contributed by atoms with van der Waals surface area (Å²) < 4.78 is 22.4. The van der Waals surface area contributed by atoms with E-state index in [4.69, 9.17) is 18.9 Å². The second-order valence-electron chi connectivity index (χ2n) is 13.7. The Hall–Kier alpha value is -2.12. The van der Waals surface area contributed by atoms with E-state index >= 15 is 0 Å². The van der Waals surface area contributed by atoms with Gasteiger partial charge in [-0.2, -0.15) is 0 Å². The molecule has 8 heteroatoms. The fourth-order valence-electron chi connectivity index (χ4n) is 5.33. The summed E-state index contributed by atoms with van der Waals surface area (Å²) in [5, 5.41) is 0. The Morgan fingerprint density at radius 3 is 0.786 bits per heavy atom. The molecule has 0 radical (unpaired) electrons. The van der Waals surface area contributed by atoms with Crippen molar-refractivity contribution in [2.45, 2.75) is 120 Å². The van der Waals surface area contributed by atoms with Crippen molar-refractivity contribution in [2.24, 2.45) is 47.3 Å². The smallest absolute Gasteiger partial charge is 0.309 e. The van der Waals surface area contributed by atoms with Crippen molar-refractivity contribution in [1.82, 2.24) is 0 Å². The van der Waals surface area contributed by atoms with E-state index in [1.165, 1.54) is 0 Å². The van der Waals surface area contributed by atoms with Crippen molar-refractivity contribution in [2.75, 3.05) is 26.4 Å². The summed E-state index contributed by atoms with van der Waals surface area (Å²) in [5.41, 5.74) is 0. The van der Waals surface area contributed by atoms with Crippen LogP contribution in [0.25, 0.3) is 0 Å². The molecule has 0 N–H and O–H groups in total. The van der Waals surface area contributed by atoms with Gasteiger partial charge < -0.3 is 18.9 Å². The minimum absolute atomic E-state index is 0.0104. The fraction of sp³-hybridized carbons (Fsp3) is 0.882. The number of hydrogen-bond donors (Lipinski definition) is 0. The van der Waals surface area contributed by atoms with Crippen molar-refractivity contribution in [3.63, 3.8) is 0 Å². The highest BCUT2D eigenvalue weighted by molar-refractivity contribution is 5.87. The van der Waals surface area contributed by atoms with Gasteiger partial charge in [-0.05, 0) is 87.9 Å². The predicted molar refractivity (Wildman–Crippen MR) is 163 cm³/mol. The summed E-state index contributed by atoms with van der Waals surface area (Å²) in [7, 11) is 0. The summed E-state index contributed by atoms with van der Waals surface area (Å²) in [6.45, 7) is 17.8. The molecule has 0 heterocycles. The normalized spacial score (nSPS) is 20.7. The highest BCUT2D eigenvalue weighted by atomic mass is 16.5. The molecule has 0 aromatic carbocycles. The molecule has 244 valence electrons. The molecule has 8 nitrogen and oxygen atoms in total. The highest BCUT2D eigenvalue weighted by Crippen LogP contribution is 2.41. The van der Waals surface area contributed by atoms with Crippen LogP contribution in [-0.4, -0.2) is 50.3 Å². The maximum Gasteiger partial charge on any atom is 0.309 e. The van der Waals surface area contributed by atoms with E-state index in [0.717, 1.165) is 25.7 Å². The Kier molecular flexibility index (Phi) is 18.7. The first-order valence-electron chi connectivity index (χ1n) is 16.5. The van der Waals surface area contributed by atoms with Crippen molar-refractivity contribution in [3.8, 4) is 0 Å². The molecular formula is C34H60O8. The van der Waals surface area contributed by atoms with Gasteiger partial charge in [0.05, 0.1) is 50.1 Å². The van der Waals surface area contributed by atoms with Crippen LogP contribution in [0.1, 0.15) is 120 Å². The molecule has 0 aromatic heterocycles. The quantitative estimate of drug-likeness (QED) is 0.0828. The number of rotatable bonds is 20. The van der Waals surface area contributed by atoms with Gasteiger partial charge in [-0.1, -0.05) is 55.4 Å². The number of carbonyl (C=O) groups excluding carboxylic acids is 4. The number of esters is 4. The Bertz CT molecular complexity index is 673. The Morgan fingerprint density at radius 2 is 0.619 bits per heavy atom. The molecule has 4 atom stereocenters. The molecule has 1 rings (SSSR count). The van der Waals surface area contributed by atoms with E-state index in [0.29, 0.717) is 49.4 Å². The number of ether oxygens (including phenoxy) is 4. The maximum absolute atomic E-state index is 13.3. The monoisotopic (exact) mass is 596 g/mol. The molecule has 0 bridgehead atoms. The minimum atomic E-state index is -0.889. The molecule has 1 aliphatic rings. The molecule has 1 saturated carbocycles. The molecular weight excluding hydrogens is 536 g/mol. The third-order valence-electron chi connectivity index (χ3n) is 7.88. The van der Waals surface area contributed by atoms with Crippen molar-refractivity contribution < 1.29 is 38.1 Å². The van der Waals surface area contributed by atoms with Gasteiger partial charge in [0.25, 0.3) is 0 Å². The van der Waals surface area contributed by atoms with E-state index in [1.54, 1.807) is 0 Å². The lowest BCUT2D eigenvalue weighted by Gasteiger charge is -2.37. The van der Waals surface area contributed by atoms with E-state index < -0.39 is 47.5 Å². The second-order valence-corrected chi connectivity index (χ2v) is 13.7. The SMILES string of the molecule is CC(C)CCCOC(=O)C1CC(C(=O)OCCCC(C)C)C(C(=O)OCCCC(C)C)CC1C(=O)OCCCC(C)C. The van der Waals surface area contributed by atoms with Crippen LogP contribution in [0.2, 0.25) is 0 Å². The summed E-state index contributed by atoms with van der Waals surface area (Å²) in [6, 6.07) is 0. The van der Waals surface area contributed by atoms with Crippen LogP contribution in [0.4, 0.5) is 0 Å². The van der Waals surface area contributed by atoms with Crippen LogP contribution in [0, 0.1) is 47.3 Å². The van der Waals surface area contributed by atoms with Crippen LogP contribution in [0.15, 0.2) is 0 Å². The zero-order valence-electron chi connectivity index (χ0n) is 27.8. The molecule has 0 spiro atoms. The average Bonchev–Trinajstić information content (AvgIpc) is 2.92. The zero-order valence-corrected chi connectivity index (χ0v) is 27.8. The molecule has 1 aliphatic carbocycles. The van der Waals surface area contributed by atoms with Crippen LogP contribution in [-0.2, 0) is 38.1 Å². The molecule has 4 unspecified atom stereocenters. The van der Waals surface area contributed by atoms with Crippen molar-refractivity contribution in [3.05, 3.63) is 0 Å². The molecule has 42 heavy (non-hydrogen) atoms. The van der Waals surface area contributed by atoms with Crippen LogP contribution < -0.4 is 0 Å². The summed E-state index contributed by atoms with van der Waals surface area (Å²) in [5.74, 6) is -3.73. The van der Waals surface area contributed by atoms with Crippen LogP contribution >= 0.6 is 0 Å². The lowest BCUT2D eigenvalue weighted by Crippen LogP contribution is -2.46. The zero-order chi connectivity index (χ0) is 31.7. The molecule has 0 aromatic rings. The maximum atomic E-state index is 13.3. The molecule has 0 amide bonds. The lowest BCUT2D eigenvalue weighted by molar-refractivity contribution is -0.175. The van der Waals surface area contributed by atoms with E-state index in [9.17, 15) is 19.2 Å². The number of hydrogen-bond acceptors (Lipinski definition) is 8. The highest BCUT2D eigenvalue weighted by Gasteiger charge is 2.51. The number of carbonyl (C=O) groups is 4.